The van der Waals surface area contributed by atoms with Crippen LogP contribution in [0.25, 0.3) is 11.3 Å². The third kappa shape index (κ3) is 4.15. The fourth-order valence-corrected chi connectivity index (χ4v) is 3.30. The zero-order valence-electron chi connectivity index (χ0n) is 14.9. The molecule has 0 aliphatic rings. The monoisotopic (exact) mass is 404 g/mol. The molecule has 0 radical (unpaired) electrons. The molecular formula is C19H17ClN2O4S. The van der Waals surface area contributed by atoms with E-state index < -0.39 is 0 Å². The van der Waals surface area contributed by atoms with E-state index >= 15 is 0 Å². The highest BCUT2D eigenvalue weighted by atomic mass is 35.5. The summed E-state index contributed by atoms with van der Waals surface area (Å²) in [6.07, 6.45) is 0. The Labute approximate surface area is 165 Å². The van der Waals surface area contributed by atoms with Crippen molar-refractivity contribution in [2.45, 2.75) is 0 Å². The number of benzene rings is 2. The number of aromatic nitrogens is 1. The Bertz CT molecular complexity index is 957. The van der Waals surface area contributed by atoms with Gasteiger partial charge in [-0.15, -0.1) is 11.3 Å². The summed E-state index contributed by atoms with van der Waals surface area (Å²) in [4.78, 5) is 17.2. The van der Waals surface area contributed by atoms with Crippen LogP contribution in [0, 0.1) is 0 Å². The second kappa shape index (κ2) is 8.28. The number of ether oxygens (including phenoxy) is 3. The van der Waals surface area contributed by atoms with Crippen molar-refractivity contribution in [3.8, 4) is 28.5 Å². The van der Waals surface area contributed by atoms with Crippen molar-refractivity contribution in [2.24, 2.45) is 0 Å². The van der Waals surface area contributed by atoms with Gasteiger partial charge in [0.2, 0.25) is 0 Å². The van der Waals surface area contributed by atoms with E-state index in [2.05, 4.69) is 10.3 Å². The maximum Gasteiger partial charge on any atom is 0.261 e. The van der Waals surface area contributed by atoms with Crippen LogP contribution in [0.3, 0.4) is 0 Å². The number of hydrogen-bond acceptors (Lipinski definition) is 6. The van der Waals surface area contributed by atoms with E-state index in [1.54, 1.807) is 24.3 Å². The van der Waals surface area contributed by atoms with Gasteiger partial charge in [-0.1, -0.05) is 23.7 Å². The summed E-state index contributed by atoms with van der Waals surface area (Å²) < 4.78 is 15.8. The number of carbonyl (C=O) groups excluding carboxylic acids is 1. The Morgan fingerprint density at radius 1 is 1.00 bits per heavy atom. The van der Waals surface area contributed by atoms with E-state index in [0.29, 0.717) is 33.0 Å². The summed E-state index contributed by atoms with van der Waals surface area (Å²) >= 11 is 7.24. The summed E-state index contributed by atoms with van der Waals surface area (Å²) in [5.74, 6) is 0.930. The molecule has 2 aromatic carbocycles. The van der Waals surface area contributed by atoms with Gasteiger partial charge in [0.1, 0.15) is 5.75 Å². The number of nitrogens with zero attached hydrogens (tertiary/aromatic N) is 1. The van der Waals surface area contributed by atoms with Gasteiger partial charge in [-0.2, -0.15) is 0 Å². The molecule has 0 atom stereocenters. The molecule has 0 aliphatic carbocycles. The largest absolute Gasteiger partial charge is 0.496 e. The standard InChI is InChI=1S/C19H17ClN2O4S/c1-24-15-9-17(26-3)16(25-2)8-13(15)18(23)22-19-21-14(10-27-19)11-4-6-12(20)7-5-11/h4-10H,1-3H3,(H,21,22,23). The number of carbonyl (C=O) groups is 1. The van der Waals surface area contributed by atoms with Crippen LogP contribution in [0.5, 0.6) is 17.2 Å². The number of hydrogen-bond donors (Lipinski definition) is 1. The Kier molecular flexibility index (Phi) is 5.83. The predicted molar refractivity (Wildman–Crippen MR) is 107 cm³/mol. The predicted octanol–water partition coefficient (Wildman–Crippen LogP) is 4.74. The van der Waals surface area contributed by atoms with Crippen LogP contribution in [-0.4, -0.2) is 32.2 Å². The van der Waals surface area contributed by atoms with Crippen LogP contribution in [0.15, 0.2) is 41.8 Å². The lowest BCUT2D eigenvalue weighted by atomic mass is 10.1. The highest BCUT2D eigenvalue weighted by molar-refractivity contribution is 7.14. The zero-order valence-corrected chi connectivity index (χ0v) is 16.5. The molecule has 27 heavy (non-hydrogen) atoms. The average molecular weight is 405 g/mol. The Morgan fingerprint density at radius 2 is 1.63 bits per heavy atom. The highest BCUT2D eigenvalue weighted by Gasteiger charge is 2.19. The maximum atomic E-state index is 12.7. The molecule has 8 heteroatoms. The minimum absolute atomic E-state index is 0.318. The molecule has 3 rings (SSSR count). The SMILES string of the molecule is COc1cc(OC)c(C(=O)Nc2nc(-c3ccc(Cl)cc3)cs2)cc1OC. The number of halogens is 1. The first-order valence-electron chi connectivity index (χ1n) is 7.88. The second-order valence-electron chi connectivity index (χ2n) is 5.41. The lowest BCUT2D eigenvalue weighted by Crippen LogP contribution is -2.13. The van der Waals surface area contributed by atoms with Gasteiger partial charge in [-0.3, -0.25) is 10.1 Å². The van der Waals surface area contributed by atoms with E-state index in [4.69, 9.17) is 25.8 Å². The van der Waals surface area contributed by atoms with Crippen molar-refractivity contribution in [2.75, 3.05) is 26.6 Å². The molecule has 1 N–H and O–H groups in total. The molecule has 140 valence electrons. The zero-order chi connectivity index (χ0) is 19.4. The highest BCUT2D eigenvalue weighted by Crippen LogP contribution is 2.35. The lowest BCUT2D eigenvalue weighted by molar-refractivity contribution is 0.102. The van der Waals surface area contributed by atoms with Crippen LogP contribution in [0.2, 0.25) is 5.02 Å². The summed E-state index contributed by atoms with van der Waals surface area (Å²) in [6.45, 7) is 0. The minimum atomic E-state index is -0.357. The fourth-order valence-electron chi connectivity index (χ4n) is 2.46. The van der Waals surface area contributed by atoms with Gasteiger partial charge in [-0.05, 0) is 12.1 Å². The van der Waals surface area contributed by atoms with Gasteiger partial charge in [-0.25, -0.2) is 4.98 Å². The first kappa shape index (κ1) is 19.0. The van der Waals surface area contributed by atoms with E-state index in [1.807, 2.05) is 17.5 Å². The van der Waals surface area contributed by atoms with Crippen LogP contribution in [0.4, 0.5) is 5.13 Å². The van der Waals surface area contributed by atoms with Crippen LogP contribution >= 0.6 is 22.9 Å². The Morgan fingerprint density at radius 3 is 2.26 bits per heavy atom. The molecule has 1 aromatic heterocycles. The van der Waals surface area contributed by atoms with Crippen molar-refractivity contribution in [1.82, 2.24) is 4.98 Å². The molecule has 0 unspecified atom stereocenters. The molecule has 1 amide bonds. The Balaban J connectivity index is 1.84. The summed E-state index contributed by atoms with van der Waals surface area (Å²) in [7, 11) is 4.51. The van der Waals surface area contributed by atoms with E-state index in [9.17, 15) is 4.79 Å². The Hall–Kier alpha value is -2.77. The van der Waals surface area contributed by atoms with Gasteiger partial charge >= 0.3 is 0 Å². The molecule has 0 bridgehead atoms. The normalized spacial score (nSPS) is 10.4. The third-order valence-corrected chi connectivity index (χ3v) is 4.82. The lowest BCUT2D eigenvalue weighted by Gasteiger charge is -2.13. The number of amides is 1. The van der Waals surface area contributed by atoms with E-state index in [-0.39, 0.29) is 5.91 Å². The first-order valence-corrected chi connectivity index (χ1v) is 9.14. The van der Waals surface area contributed by atoms with Crippen molar-refractivity contribution < 1.29 is 19.0 Å². The molecule has 1 heterocycles. The summed E-state index contributed by atoms with van der Waals surface area (Å²) in [5, 5.41) is 5.78. The minimum Gasteiger partial charge on any atom is -0.496 e. The number of rotatable bonds is 6. The molecule has 6 nitrogen and oxygen atoms in total. The smallest absolute Gasteiger partial charge is 0.261 e. The van der Waals surface area contributed by atoms with Crippen LogP contribution in [-0.2, 0) is 0 Å². The van der Waals surface area contributed by atoms with Crippen molar-refractivity contribution in [1.29, 1.82) is 0 Å². The van der Waals surface area contributed by atoms with Gasteiger partial charge in [0.25, 0.3) is 5.91 Å². The first-order chi connectivity index (χ1) is 13.0. The van der Waals surface area contributed by atoms with Gasteiger partial charge in [0.15, 0.2) is 16.6 Å². The summed E-state index contributed by atoms with van der Waals surface area (Å²) in [5.41, 5.74) is 1.99. The second-order valence-corrected chi connectivity index (χ2v) is 6.70. The van der Waals surface area contributed by atoms with Gasteiger partial charge in [0.05, 0.1) is 32.6 Å². The van der Waals surface area contributed by atoms with Crippen LogP contribution in [0.1, 0.15) is 10.4 Å². The topological polar surface area (TPSA) is 69.7 Å². The molecule has 3 aromatic rings. The van der Waals surface area contributed by atoms with E-state index in [0.717, 1.165) is 11.3 Å². The third-order valence-electron chi connectivity index (χ3n) is 3.81. The van der Waals surface area contributed by atoms with Gasteiger partial charge < -0.3 is 14.2 Å². The molecule has 0 fully saturated rings. The molecular weight excluding hydrogens is 388 g/mol. The van der Waals surface area contributed by atoms with Crippen LogP contribution < -0.4 is 19.5 Å². The van der Waals surface area contributed by atoms with Gasteiger partial charge in [0, 0.05) is 28.1 Å². The van der Waals surface area contributed by atoms with Crippen molar-refractivity contribution >= 4 is 34.0 Å². The number of anilines is 1. The number of nitrogens with one attached hydrogen (secondary N) is 1. The maximum absolute atomic E-state index is 12.7. The average Bonchev–Trinajstić information content (AvgIpc) is 3.15. The van der Waals surface area contributed by atoms with Crippen molar-refractivity contribution in [3.05, 3.63) is 52.4 Å². The summed E-state index contributed by atoms with van der Waals surface area (Å²) in [6, 6.07) is 10.5. The quantitative estimate of drug-likeness (QED) is 0.642. The van der Waals surface area contributed by atoms with E-state index in [1.165, 1.54) is 32.7 Å². The number of thiazole rings is 1. The molecule has 0 spiro atoms. The number of methoxy groups -OCH3 is 3. The molecule has 0 saturated carbocycles. The molecule has 0 aliphatic heterocycles. The molecule has 0 saturated heterocycles. The fraction of sp³-hybridized carbons (Fsp3) is 0.158. The van der Waals surface area contributed by atoms with Crippen molar-refractivity contribution in [3.63, 3.8) is 0 Å².